The smallest absolute Gasteiger partial charge is 0.328 e. The van der Waals surface area contributed by atoms with Crippen LogP contribution in [0.5, 0.6) is 0 Å². The molecular formula is C29H34N2O3. The van der Waals surface area contributed by atoms with E-state index >= 15 is 0 Å². The normalized spacial score (nSPS) is 19.5. The summed E-state index contributed by atoms with van der Waals surface area (Å²) in [4.78, 5) is 23.8. The van der Waals surface area contributed by atoms with Crippen LogP contribution < -0.4 is 10.6 Å². The SMILES string of the molecule is C[C@@H](N[C@H]1CCC[C@H](c2ccc(C(=O)NC(C)(C)C(=O)O)cc2)C1)c1cccc2ccccc12. The first-order valence-corrected chi connectivity index (χ1v) is 12.1. The number of amides is 1. The maximum absolute atomic E-state index is 12.5. The molecule has 1 aliphatic rings. The van der Waals surface area contributed by atoms with Gasteiger partial charge in [-0.1, -0.05) is 61.0 Å². The maximum atomic E-state index is 12.5. The van der Waals surface area contributed by atoms with E-state index < -0.39 is 11.5 Å². The second-order valence-corrected chi connectivity index (χ2v) is 10.0. The lowest BCUT2D eigenvalue weighted by Gasteiger charge is -2.32. The van der Waals surface area contributed by atoms with Gasteiger partial charge in [0.1, 0.15) is 5.54 Å². The number of nitrogens with one attached hydrogen (secondary N) is 2. The molecule has 0 aliphatic heterocycles. The van der Waals surface area contributed by atoms with Crippen molar-refractivity contribution < 1.29 is 14.7 Å². The third kappa shape index (κ3) is 5.31. The van der Waals surface area contributed by atoms with Crippen molar-refractivity contribution in [2.45, 2.75) is 70.0 Å². The zero-order valence-electron chi connectivity index (χ0n) is 20.2. The zero-order valence-corrected chi connectivity index (χ0v) is 20.2. The largest absolute Gasteiger partial charge is 0.480 e. The van der Waals surface area contributed by atoms with Crippen LogP contribution in [0.4, 0.5) is 0 Å². The molecule has 5 nitrogen and oxygen atoms in total. The van der Waals surface area contributed by atoms with Gasteiger partial charge in [0, 0.05) is 17.6 Å². The van der Waals surface area contributed by atoms with E-state index in [1.807, 2.05) is 12.1 Å². The van der Waals surface area contributed by atoms with Gasteiger partial charge in [0.15, 0.2) is 0 Å². The number of aliphatic carboxylic acids is 1. The van der Waals surface area contributed by atoms with Crippen molar-refractivity contribution in [3.63, 3.8) is 0 Å². The molecule has 0 saturated heterocycles. The summed E-state index contributed by atoms with van der Waals surface area (Å²) in [6, 6.07) is 23.4. The molecule has 1 fully saturated rings. The number of carbonyl (C=O) groups excluding carboxylic acids is 1. The van der Waals surface area contributed by atoms with Crippen LogP contribution in [0.25, 0.3) is 10.8 Å². The number of benzene rings is 3. The Bertz CT molecular complexity index is 1160. The molecule has 3 atom stereocenters. The van der Waals surface area contributed by atoms with Gasteiger partial charge in [-0.3, -0.25) is 4.79 Å². The molecule has 1 amide bonds. The molecular weight excluding hydrogens is 424 g/mol. The summed E-state index contributed by atoms with van der Waals surface area (Å²) in [6.45, 7) is 5.21. The minimum atomic E-state index is -1.31. The Morgan fingerprint density at radius 1 is 0.971 bits per heavy atom. The number of hydrogen-bond donors (Lipinski definition) is 3. The first-order valence-electron chi connectivity index (χ1n) is 12.1. The van der Waals surface area contributed by atoms with Gasteiger partial charge in [0.25, 0.3) is 5.91 Å². The van der Waals surface area contributed by atoms with E-state index in [-0.39, 0.29) is 11.9 Å². The minimum absolute atomic E-state index is 0.263. The number of fused-ring (bicyclic) bond motifs is 1. The predicted octanol–water partition coefficient (Wildman–Crippen LogP) is 5.81. The van der Waals surface area contributed by atoms with Crippen molar-refractivity contribution in [2.24, 2.45) is 0 Å². The second-order valence-electron chi connectivity index (χ2n) is 10.0. The molecule has 0 aromatic heterocycles. The number of hydrogen-bond acceptors (Lipinski definition) is 3. The molecule has 3 N–H and O–H groups in total. The first kappa shape index (κ1) is 24.0. The van der Waals surface area contributed by atoms with Gasteiger partial charge in [-0.05, 0) is 80.0 Å². The molecule has 5 heteroatoms. The number of rotatable bonds is 7. The third-order valence-corrected chi connectivity index (χ3v) is 7.05. The van der Waals surface area contributed by atoms with Gasteiger partial charge in [0.05, 0.1) is 0 Å². The van der Waals surface area contributed by atoms with E-state index in [2.05, 4.69) is 60.0 Å². The van der Waals surface area contributed by atoms with E-state index in [1.54, 1.807) is 12.1 Å². The Kier molecular flexibility index (Phi) is 7.03. The quantitative estimate of drug-likeness (QED) is 0.417. The molecule has 0 bridgehead atoms. The summed E-state index contributed by atoms with van der Waals surface area (Å²) >= 11 is 0. The molecule has 0 unspecified atom stereocenters. The number of carbonyl (C=O) groups is 2. The van der Waals surface area contributed by atoms with Crippen LogP contribution in [0.3, 0.4) is 0 Å². The van der Waals surface area contributed by atoms with E-state index in [0.29, 0.717) is 17.5 Å². The lowest BCUT2D eigenvalue weighted by atomic mass is 9.80. The van der Waals surface area contributed by atoms with Crippen molar-refractivity contribution in [2.75, 3.05) is 0 Å². The highest BCUT2D eigenvalue weighted by Gasteiger charge is 2.29. The van der Waals surface area contributed by atoms with Crippen LogP contribution >= 0.6 is 0 Å². The van der Waals surface area contributed by atoms with Crippen molar-refractivity contribution in [1.82, 2.24) is 10.6 Å². The van der Waals surface area contributed by atoms with Gasteiger partial charge in [-0.15, -0.1) is 0 Å². The summed E-state index contributed by atoms with van der Waals surface area (Å²) in [5.41, 5.74) is 1.74. The van der Waals surface area contributed by atoms with Crippen molar-refractivity contribution in [1.29, 1.82) is 0 Å². The van der Waals surface area contributed by atoms with Crippen LogP contribution in [0, 0.1) is 0 Å². The average Bonchev–Trinajstić information content (AvgIpc) is 2.83. The lowest BCUT2D eigenvalue weighted by molar-refractivity contribution is -0.143. The Hall–Kier alpha value is -3.18. The maximum Gasteiger partial charge on any atom is 0.328 e. The summed E-state index contributed by atoms with van der Waals surface area (Å²) in [5.74, 6) is -0.986. The molecule has 178 valence electrons. The Labute approximate surface area is 201 Å². The van der Waals surface area contributed by atoms with Gasteiger partial charge in [-0.2, -0.15) is 0 Å². The predicted molar refractivity (Wildman–Crippen MR) is 136 cm³/mol. The lowest BCUT2D eigenvalue weighted by Crippen LogP contribution is -2.49. The van der Waals surface area contributed by atoms with E-state index in [0.717, 1.165) is 19.3 Å². The molecule has 3 aromatic rings. The standard InChI is InChI=1S/C29H34N2O3/c1-19(25-13-7-9-21-8-4-5-12-26(21)25)30-24-11-6-10-23(18-24)20-14-16-22(17-15-20)27(32)31-29(2,3)28(33)34/h4-5,7-9,12-17,19,23-24,30H,6,10-11,18H2,1-3H3,(H,31,32)(H,33,34)/t19-,23+,24+/m1/s1. The third-order valence-electron chi connectivity index (χ3n) is 7.05. The molecule has 0 radical (unpaired) electrons. The van der Waals surface area contributed by atoms with Crippen LogP contribution in [0.1, 0.15) is 79.9 Å². The molecule has 0 spiro atoms. The zero-order chi connectivity index (χ0) is 24.3. The van der Waals surface area contributed by atoms with Gasteiger partial charge in [-0.25, -0.2) is 4.79 Å². The molecule has 3 aromatic carbocycles. The van der Waals surface area contributed by atoms with Gasteiger partial charge >= 0.3 is 5.97 Å². The van der Waals surface area contributed by atoms with E-state index in [4.69, 9.17) is 0 Å². The molecule has 0 heterocycles. The summed E-state index contributed by atoms with van der Waals surface area (Å²) < 4.78 is 0. The van der Waals surface area contributed by atoms with Crippen LogP contribution in [-0.2, 0) is 4.79 Å². The first-order chi connectivity index (χ1) is 16.2. The average molecular weight is 459 g/mol. The van der Waals surface area contributed by atoms with Gasteiger partial charge < -0.3 is 15.7 Å². The number of carboxylic acids is 1. The highest BCUT2D eigenvalue weighted by atomic mass is 16.4. The van der Waals surface area contributed by atoms with Crippen molar-refractivity contribution in [3.8, 4) is 0 Å². The Balaban J connectivity index is 1.41. The highest BCUT2D eigenvalue weighted by Crippen LogP contribution is 2.34. The topological polar surface area (TPSA) is 78.4 Å². The van der Waals surface area contributed by atoms with Crippen LogP contribution in [-0.4, -0.2) is 28.6 Å². The van der Waals surface area contributed by atoms with Gasteiger partial charge in [0.2, 0.25) is 0 Å². The molecule has 4 rings (SSSR count). The van der Waals surface area contributed by atoms with E-state index in [9.17, 15) is 14.7 Å². The fourth-order valence-corrected chi connectivity index (χ4v) is 5.03. The Morgan fingerprint density at radius 2 is 1.68 bits per heavy atom. The minimum Gasteiger partial charge on any atom is -0.480 e. The summed E-state index contributed by atoms with van der Waals surface area (Å²) in [6.07, 6.45) is 4.53. The monoisotopic (exact) mass is 458 g/mol. The Morgan fingerprint density at radius 3 is 2.41 bits per heavy atom. The summed E-state index contributed by atoms with van der Waals surface area (Å²) in [7, 11) is 0. The van der Waals surface area contributed by atoms with Crippen LogP contribution in [0.2, 0.25) is 0 Å². The molecule has 1 aliphatic carbocycles. The highest BCUT2D eigenvalue weighted by molar-refractivity contribution is 5.97. The van der Waals surface area contributed by atoms with Crippen LogP contribution in [0.15, 0.2) is 66.7 Å². The van der Waals surface area contributed by atoms with Crippen molar-refractivity contribution >= 4 is 22.6 Å². The fourth-order valence-electron chi connectivity index (χ4n) is 5.03. The van der Waals surface area contributed by atoms with Crippen molar-refractivity contribution in [3.05, 3.63) is 83.4 Å². The second kappa shape index (κ2) is 9.98. The molecule has 1 saturated carbocycles. The molecule has 34 heavy (non-hydrogen) atoms. The fraction of sp³-hybridized carbons (Fsp3) is 0.379. The summed E-state index contributed by atoms with van der Waals surface area (Å²) in [5, 5.41) is 18.3. The van der Waals surface area contributed by atoms with E-state index in [1.165, 1.54) is 42.2 Å². The number of carboxylic acid groups (broad SMARTS) is 1.